The van der Waals surface area contributed by atoms with Crippen molar-refractivity contribution in [2.24, 2.45) is 17.3 Å². The standard InChI is InChI=1S/C20H28N2O3/c1-12(2)10-14-17(20(14,3)4)18(23)21-15-11-13(19(24)22(5)6)8-9-16(15)25-7/h8-11,14,17H,1-7H3,(H,21,23). The number of allylic oxidation sites excluding steroid dienone is 2. The highest BCUT2D eigenvalue weighted by Gasteiger charge is 2.60. The molecule has 0 aliphatic heterocycles. The molecule has 1 N–H and O–H groups in total. The molecule has 5 heteroatoms. The van der Waals surface area contributed by atoms with Crippen LogP contribution in [0.15, 0.2) is 29.8 Å². The average molecular weight is 344 g/mol. The van der Waals surface area contributed by atoms with Crippen LogP contribution in [0, 0.1) is 17.3 Å². The summed E-state index contributed by atoms with van der Waals surface area (Å²) in [4.78, 5) is 26.4. The Kier molecular flexibility index (Phi) is 5.26. The van der Waals surface area contributed by atoms with Crippen LogP contribution in [-0.2, 0) is 4.79 Å². The number of nitrogens with one attached hydrogen (secondary N) is 1. The molecule has 1 aromatic rings. The number of rotatable bonds is 5. The van der Waals surface area contributed by atoms with Gasteiger partial charge in [-0.1, -0.05) is 25.5 Å². The third kappa shape index (κ3) is 3.86. The fourth-order valence-corrected chi connectivity index (χ4v) is 3.26. The summed E-state index contributed by atoms with van der Waals surface area (Å²) in [5.41, 5.74) is 2.19. The second kappa shape index (κ2) is 6.90. The normalized spacial score (nSPS) is 20.4. The van der Waals surface area contributed by atoms with E-state index in [1.54, 1.807) is 39.4 Å². The molecule has 2 amide bonds. The molecule has 1 saturated carbocycles. The molecule has 2 rings (SSSR count). The van der Waals surface area contributed by atoms with E-state index in [1.165, 1.54) is 10.5 Å². The van der Waals surface area contributed by atoms with E-state index in [-0.39, 0.29) is 29.1 Å². The van der Waals surface area contributed by atoms with Gasteiger partial charge in [-0.05, 0) is 43.4 Å². The van der Waals surface area contributed by atoms with Crippen molar-refractivity contribution in [3.8, 4) is 5.75 Å². The van der Waals surface area contributed by atoms with Crippen LogP contribution in [0.5, 0.6) is 5.75 Å². The molecular weight excluding hydrogens is 316 g/mol. The van der Waals surface area contributed by atoms with Crippen molar-refractivity contribution in [2.45, 2.75) is 27.7 Å². The molecule has 0 bridgehead atoms. The number of nitrogens with zero attached hydrogens (tertiary/aromatic N) is 1. The lowest BCUT2D eigenvalue weighted by molar-refractivity contribution is -0.118. The first kappa shape index (κ1) is 19.0. The SMILES string of the molecule is COc1ccc(C(=O)N(C)C)cc1NC(=O)C1C(C=C(C)C)C1(C)C. The van der Waals surface area contributed by atoms with Gasteiger partial charge in [0, 0.05) is 19.7 Å². The minimum absolute atomic E-state index is 0.0414. The fourth-order valence-electron chi connectivity index (χ4n) is 3.26. The van der Waals surface area contributed by atoms with Crippen molar-refractivity contribution >= 4 is 17.5 Å². The van der Waals surface area contributed by atoms with Crippen LogP contribution < -0.4 is 10.1 Å². The van der Waals surface area contributed by atoms with Crippen LogP contribution in [0.2, 0.25) is 0 Å². The largest absolute Gasteiger partial charge is 0.495 e. The lowest BCUT2D eigenvalue weighted by atomic mass is 10.1. The summed E-state index contributed by atoms with van der Waals surface area (Å²) < 4.78 is 5.33. The number of hydrogen-bond acceptors (Lipinski definition) is 3. The maximum absolute atomic E-state index is 12.8. The quantitative estimate of drug-likeness (QED) is 0.831. The predicted octanol–water partition coefficient (Wildman–Crippen LogP) is 3.57. The highest BCUT2D eigenvalue weighted by molar-refractivity contribution is 6.00. The van der Waals surface area contributed by atoms with E-state index in [0.29, 0.717) is 17.0 Å². The van der Waals surface area contributed by atoms with Crippen LogP contribution in [0.3, 0.4) is 0 Å². The molecule has 0 heterocycles. The van der Waals surface area contributed by atoms with Gasteiger partial charge in [-0.2, -0.15) is 0 Å². The van der Waals surface area contributed by atoms with E-state index in [9.17, 15) is 9.59 Å². The van der Waals surface area contributed by atoms with Gasteiger partial charge in [-0.15, -0.1) is 0 Å². The summed E-state index contributed by atoms with van der Waals surface area (Å²) in [6, 6.07) is 5.08. The van der Waals surface area contributed by atoms with Gasteiger partial charge in [0.2, 0.25) is 5.91 Å². The number of ether oxygens (including phenoxy) is 1. The number of anilines is 1. The third-order valence-corrected chi connectivity index (χ3v) is 4.82. The highest BCUT2D eigenvalue weighted by atomic mass is 16.5. The van der Waals surface area contributed by atoms with Crippen molar-refractivity contribution in [1.29, 1.82) is 0 Å². The van der Waals surface area contributed by atoms with Crippen LogP contribution in [0.1, 0.15) is 38.1 Å². The van der Waals surface area contributed by atoms with Gasteiger partial charge < -0.3 is 15.0 Å². The molecular formula is C20H28N2O3. The maximum Gasteiger partial charge on any atom is 0.253 e. The van der Waals surface area contributed by atoms with Gasteiger partial charge in [0.15, 0.2) is 0 Å². The Balaban J connectivity index is 2.24. The summed E-state index contributed by atoms with van der Waals surface area (Å²) in [5, 5.41) is 2.95. The molecule has 0 aromatic heterocycles. The third-order valence-electron chi connectivity index (χ3n) is 4.82. The molecule has 0 radical (unpaired) electrons. The monoisotopic (exact) mass is 344 g/mol. The zero-order valence-corrected chi connectivity index (χ0v) is 16.1. The molecule has 25 heavy (non-hydrogen) atoms. The molecule has 136 valence electrons. The molecule has 1 aliphatic rings. The summed E-state index contributed by atoms with van der Waals surface area (Å²) in [6.45, 7) is 8.29. The van der Waals surface area contributed by atoms with E-state index in [0.717, 1.165) is 0 Å². The molecule has 2 unspecified atom stereocenters. The first-order valence-electron chi connectivity index (χ1n) is 8.45. The number of methoxy groups -OCH3 is 1. The maximum atomic E-state index is 12.8. The smallest absolute Gasteiger partial charge is 0.253 e. The zero-order valence-electron chi connectivity index (χ0n) is 16.1. The average Bonchev–Trinajstić information content (AvgIpc) is 3.06. The van der Waals surface area contributed by atoms with E-state index in [2.05, 4.69) is 25.2 Å². The number of hydrogen-bond donors (Lipinski definition) is 1. The van der Waals surface area contributed by atoms with Crippen LogP contribution in [0.25, 0.3) is 0 Å². The van der Waals surface area contributed by atoms with E-state index in [1.807, 2.05) is 13.8 Å². The molecule has 1 fully saturated rings. The fraction of sp³-hybridized carbons (Fsp3) is 0.500. The van der Waals surface area contributed by atoms with Gasteiger partial charge in [-0.3, -0.25) is 9.59 Å². The second-order valence-electron chi connectivity index (χ2n) is 7.67. The molecule has 1 aliphatic carbocycles. The first-order valence-corrected chi connectivity index (χ1v) is 8.45. The van der Waals surface area contributed by atoms with E-state index in [4.69, 9.17) is 4.74 Å². The zero-order chi connectivity index (χ0) is 18.9. The van der Waals surface area contributed by atoms with Gasteiger partial charge >= 0.3 is 0 Å². The Morgan fingerprint density at radius 3 is 2.40 bits per heavy atom. The summed E-state index contributed by atoms with van der Waals surface area (Å²) in [6.07, 6.45) is 2.16. The van der Waals surface area contributed by atoms with Crippen LogP contribution >= 0.6 is 0 Å². The van der Waals surface area contributed by atoms with Gasteiger partial charge in [0.1, 0.15) is 5.75 Å². The highest BCUT2D eigenvalue weighted by Crippen LogP contribution is 2.59. The molecule has 0 saturated heterocycles. The Morgan fingerprint density at radius 2 is 1.88 bits per heavy atom. The van der Waals surface area contributed by atoms with Crippen molar-refractivity contribution in [3.05, 3.63) is 35.4 Å². The second-order valence-corrected chi connectivity index (χ2v) is 7.67. The summed E-state index contributed by atoms with van der Waals surface area (Å²) in [5.74, 6) is 0.531. The van der Waals surface area contributed by atoms with Crippen molar-refractivity contribution < 1.29 is 14.3 Å². The van der Waals surface area contributed by atoms with Gasteiger partial charge in [0.05, 0.1) is 18.7 Å². The number of carbonyl (C=O) groups is 2. The number of carbonyl (C=O) groups excluding carboxylic acids is 2. The van der Waals surface area contributed by atoms with E-state index >= 15 is 0 Å². The molecule has 1 aromatic carbocycles. The number of benzene rings is 1. The summed E-state index contributed by atoms with van der Waals surface area (Å²) >= 11 is 0. The number of amides is 2. The molecule has 2 atom stereocenters. The molecule has 5 nitrogen and oxygen atoms in total. The van der Waals surface area contributed by atoms with Gasteiger partial charge in [0.25, 0.3) is 5.91 Å². The van der Waals surface area contributed by atoms with Gasteiger partial charge in [-0.25, -0.2) is 0 Å². The Bertz CT molecular complexity index is 716. The minimum Gasteiger partial charge on any atom is -0.495 e. The minimum atomic E-state index is -0.118. The lowest BCUT2D eigenvalue weighted by Crippen LogP contribution is -2.22. The lowest BCUT2D eigenvalue weighted by Gasteiger charge is -2.14. The van der Waals surface area contributed by atoms with E-state index < -0.39 is 0 Å². The summed E-state index contributed by atoms with van der Waals surface area (Å²) in [7, 11) is 4.94. The predicted molar refractivity (Wildman–Crippen MR) is 99.8 cm³/mol. The van der Waals surface area contributed by atoms with Crippen molar-refractivity contribution in [3.63, 3.8) is 0 Å². The van der Waals surface area contributed by atoms with Crippen molar-refractivity contribution in [2.75, 3.05) is 26.5 Å². The van der Waals surface area contributed by atoms with Crippen molar-refractivity contribution in [1.82, 2.24) is 4.90 Å². The van der Waals surface area contributed by atoms with Crippen LogP contribution in [-0.4, -0.2) is 37.9 Å². The van der Waals surface area contributed by atoms with Crippen LogP contribution in [0.4, 0.5) is 5.69 Å². The molecule has 0 spiro atoms. The Hall–Kier alpha value is -2.30. The first-order chi connectivity index (χ1) is 11.6. The Morgan fingerprint density at radius 1 is 1.24 bits per heavy atom. The topological polar surface area (TPSA) is 58.6 Å². The Labute approximate surface area is 150 Å².